The lowest BCUT2D eigenvalue weighted by molar-refractivity contribution is -0.121. The highest BCUT2D eigenvalue weighted by Crippen LogP contribution is 2.54. The number of methoxy groups -OCH3 is 2. The van der Waals surface area contributed by atoms with Crippen LogP contribution in [0.2, 0.25) is 0 Å². The Morgan fingerprint density at radius 3 is 2.46 bits per heavy atom. The van der Waals surface area contributed by atoms with Crippen LogP contribution in [-0.4, -0.2) is 55.3 Å². The number of piperidine rings is 1. The molecule has 2 fully saturated rings. The number of rotatable bonds is 9. The Labute approximate surface area is 223 Å². The highest BCUT2D eigenvalue weighted by atomic mass is 19.1. The fourth-order valence-electron chi connectivity index (χ4n) is 5.93. The molecule has 10 heteroatoms. The Bertz CT molecular complexity index is 1630. The molecule has 1 saturated heterocycles. The van der Waals surface area contributed by atoms with Gasteiger partial charge in [-0.1, -0.05) is 0 Å². The Hall–Kier alpha value is -4.47. The van der Waals surface area contributed by atoms with Crippen LogP contribution < -0.4 is 25.3 Å². The minimum absolute atomic E-state index is 0.0218. The number of ether oxygens (including phenoxy) is 3. The van der Waals surface area contributed by atoms with E-state index in [1.54, 1.807) is 37.7 Å². The number of nitrogens with one attached hydrogen (secondary N) is 1. The van der Waals surface area contributed by atoms with Crippen molar-refractivity contribution >= 4 is 33.4 Å². The average molecular weight is 531 g/mol. The molecule has 0 radical (unpaired) electrons. The van der Waals surface area contributed by atoms with Crippen LogP contribution in [0.5, 0.6) is 17.4 Å². The molecule has 4 atom stereocenters. The molecular weight excluding hydrogens is 503 g/mol. The normalized spacial score (nSPS) is 21.5. The molecule has 6 rings (SSSR count). The number of primary amides is 1. The fourth-order valence-corrected chi connectivity index (χ4v) is 5.93. The summed E-state index contributed by atoms with van der Waals surface area (Å²) < 4.78 is 30.2. The van der Waals surface area contributed by atoms with Gasteiger partial charge in [-0.25, -0.2) is 4.98 Å². The molecule has 1 saturated carbocycles. The zero-order valence-electron chi connectivity index (χ0n) is 21.4. The Balaban J connectivity index is 1.36. The predicted octanol–water partition coefficient (Wildman–Crippen LogP) is 3.67. The zero-order valence-corrected chi connectivity index (χ0v) is 21.4. The lowest BCUT2D eigenvalue weighted by atomic mass is 9.98. The molecule has 2 aliphatic rings. The monoisotopic (exact) mass is 530 g/mol. The Kier molecular flexibility index (Phi) is 6.17. The number of halogens is 1. The number of hydrogen-bond acceptors (Lipinski definition) is 7. The van der Waals surface area contributed by atoms with Crippen LogP contribution in [0.4, 0.5) is 4.39 Å². The van der Waals surface area contributed by atoms with Gasteiger partial charge in [0.15, 0.2) is 0 Å². The molecule has 200 valence electrons. The first kappa shape index (κ1) is 24.8. The van der Waals surface area contributed by atoms with E-state index in [0.717, 1.165) is 27.1 Å². The third-order valence-electron chi connectivity index (χ3n) is 7.82. The Morgan fingerprint density at radius 1 is 1.03 bits per heavy atom. The third-order valence-corrected chi connectivity index (χ3v) is 7.82. The van der Waals surface area contributed by atoms with E-state index in [-0.39, 0.29) is 41.9 Å². The van der Waals surface area contributed by atoms with Crippen molar-refractivity contribution in [2.75, 3.05) is 27.5 Å². The van der Waals surface area contributed by atoms with Crippen LogP contribution in [0, 0.1) is 17.8 Å². The smallest absolute Gasteiger partial charge is 0.252 e. The van der Waals surface area contributed by atoms with Crippen molar-refractivity contribution in [3.05, 3.63) is 54.4 Å². The largest absolute Gasteiger partial charge is 0.496 e. The van der Waals surface area contributed by atoms with Gasteiger partial charge >= 0.3 is 0 Å². The summed E-state index contributed by atoms with van der Waals surface area (Å²) in [7, 11) is 3.06. The minimum Gasteiger partial charge on any atom is -0.496 e. The van der Waals surface area contributed by atoms with Gasteiger partial charge in [0.2, 0.25) is 11.8 Å². The molecule has 2 aromatic heterocycles. The van der Waals surface area contributed by atoms with Crippen molar-refractivity contribution in [1.29, 1.82) is 0 Å². The molecule has 0 bridgehead atoms. The summed E-state index contributed by atoms with van der Waals surface area (Å²) in [5, 5.41) is 6.10. The number of nitrogens with two attached hydrogens (primary N) is 1. The van der Waals surface area contributed by atoms with E-state index in [1.807, 2.05) is 18.2 Å². The maximum atomic E-state index is 12.9. The van der Waals surface area contributed by atoms with Crippen LogP contribution in [0.25, 0.3) is 32.8 Å². The molecule has 3 N–H and O–H groups in total. The van der Waals surface area contributed by atoms with E-state index >= 15 is 0 Å². The summed E-state index contributed by atoms with van der Waals surface area (Å²) in [5.41, 5.74) is 7.21. The molecule has 2 amide bonds. The molecule has 0 spiro atoms. The van der Waals surface area contributed by atoms with Crippen molar-refractivity contribution in [2.45, 2.75) is 12.5 Å². The van der Waals surface area contributed by atoms with Gasteiger partial charge in [0, 0.05) is 34.6 Å². The second-order valence-electron chi connectivity index (χ2n) is 9.86. The quantitative estimate of drug-likeness (QED) is 0.338. The number of fused-ring (bicyclic) bond motifs is 3. The van der Waals surface area contributed by atoms with Crippen LogP contribution in [0.15, 0.2) is 48.8 Å². The minimum atomic E-state index is -0.581. The summed E-state index contributed by atoms with van der Waals surface area (Å²) in [5.74, 6) is 0.807. The molecule has 1 aliphatic heterocycles. The molecule has 9 nitrogen and oxygen atoms in total. The van der Waals surface area contributed by atoms with Crippen LogP contribution in [-0.2, 0) is 4.79 Å². The molecule has 39 heavy (non-hydrogen) atoms. The van der Waals surface area contributed by atoms with Gasteiger partial charge in [-0.3, -0.25) is 19.0 Å². The van der Waals surface area contributed by atoms with Gasteiger partial charge in [0.05, 0.1) is 38.2 Å². The van der Waals surface area contributed by atoms with E-state index < -0.39 is 12.6 Å². The average Bonchev–Trinajstić information content (AvgIpc) is 3.56. The van der Waals surface area contributed by atoms with Crippen LogP contribution in [0.1, 0.15) is 16.8 Å². The second kappa shape index (κ2) is 9.68. The van der Waals surface area contributed by atoms with Crippen LogP contribution in [0.3, 0.4) is 0 Å². The van der Waals surface area contributed by atoms with Gasteiger partial charge < -0.3 is 25.3 Å². The maximum Gasteiger partial charge on any atom is 0.252 e. The summed E-state index contributed by atoms with van der Waals surface area (Å²) >= 11 is 0. The number of aromatic nitrogens is 2. The summed E-state index contributed by atoms with van der Waals surface area (Å²) in [6.45, 7) is -0.172. The van der Waals surface area contributed by atoms with Crippen molar-refractivity contribution in [3.63, 3.8) is 0 Å². The first-order valence-corrected chi connectivity index (χ1v) is 12.7. The van der Waals surface area contributed by atoms with Crippen LogP contribution >= 0.6 is 0 Å². The number of hydrogen-bond donors (Lipinski definition) is 2. The highest BCUT2D eigenvalue weighted by Gasteiger charge is 2.62. The second-order valence-corrected chi connectivity index (χ2v) is 9.86. The van der Waals surface area contributed by atoms with Gasteiger partial charge in [-0.05, 0) is 65.4 Å². The van der Waals surface area contributed by atoms with E-state index in [0.29, 0.717) is 29.5 Å². The van der Waals surface area contributed by atoms with Crippen molar-refractivity contribution in [2.24, 2.45) is 23.5 Å². The summed E-state index contributed by atoms with van der Waals surface area (Å²) in [6.07, 6.45) is 3.73. The number of alkyl halides is 1. The third kappa shape index (κ3) is 4.16. The topological polar surface area (TPSA) is 126 Å². The number of benzene rings is 2. The molecular formula is C29H27FN4O5. The fraction of sp³-hybridized carbons (Fsp3) is 0.310. The van der Waals surface area contributed by atoms with E-state index in [4.69, 9.17) is 19.9 Å². The molecule has 0 unspecified atom stereocenters. The number of pyridine rings is 2. The lowest BCUT2D eigenvalue weighted by Gasteiger charge is -2.18. The molecule has 1 aliphatic carbocycles. The first-order chi connectivity index (χ1) is 18.9. The van der Waals surface area contributed by atoms with E-state index in [9.17, 15) is 14.0 Å². The van der Waals surface area contributed by atoms with E-state index in [2.05, 4.69) is 15.3 Å². The summed E-state index contributed by atoms with van der Waals surface area (Å²) in [6, 6.07) is 10.7. The van der Waals surface area contributed by atoms with Gasteiger partial charge in [0.25, 0.3) is 5.91 Å². The maximum absolute atomic E-state index is 12.9. The first-order valence-electron chi connectivity index (χ1n) is 12.7. The number of amides is 2. The van der Waals surface area contributed by atoms with E-state index in [1.165, 1.54) is 7.11 Å². The van der Waals surface area contributed by atoms with Gasteiger partial charge in [-0.2, -0.15) is 0 Å². The molecule has 4 aromatic rings. The SMILES string of the molecule is COc1cc2c(-c3cc4ccnc(OC[C@H]5NC(=O)[C@@H]6[C@H](CCF)[C@H]65)c4cc3OC)nccc2cc1C(N)=O. The van der Waals surface area contributed by atoms with Gasteiger partial charge in [0.1, 0.15) is 18.1 Å². The van der Waals surface area contributed by atoms with Crippen molar-refractivity contribution < 1.29 is 28.2 Å². The summed E-state index contributed by atoms with van der Waals surface area (Å²) in [4.78, 5) is 33.2. The number of carbonyl (C=O) groups excluding carboxylic acids is 2. The van der Waals surface area contributed by atoms with Gasteiger partial charge in [-0.15, -0.1) is 0 Å². The highest BCUT2D eigenvalue weighted by molar-refractivity contribution is 6.05. The number of carbonyl (C=O) groups is 2. The Morgan fingerprint density at radius 2 is 1.74 bits per heavy atom. The lowest BCUT2D eigenvalue weighted by Crippen LogP contribution is -2.37. The predicted molar refractivity (Wildman–Crippen MR) is 143 cm³/mol. The molecule has 2 aromatic carbocycles. The zero-order chi connectivity index (χ0) is 27.3. The molecule has 3 heterocycles. The standard InChI is InChI=1S/C29H27FN4O5/c1-37-22-12-18-15(5-8-33-29(18)39-13-21-24-16(3-6-30)25(24)28(36)34-21)9-19(22)26-17-11-23(38-2)20(27(31)35)10-14(17)4-7-32-26/h4-5,7-12,16,21,24-25H,3,6,13H2,1-2H3,(H2,31,35)(H,34,36)/t16-,21-,24+,25-/m1/s1. The van der Waals surface area contributed by atoms with Crippen molar-refractivity contribution in [1.82, 2.24) is 15.3 Å². The van der Waals surface area contributed by atoms with Crippen molar-refractivity contribution in [3.8, 4) is 28.6 Å². The number of nitrogens with zero attached hydrogens (tertiary/aromatic N) is 2.